The van der Waals surface area contributed by atoms with Gasteiger partial charge < -0.3 is 5.32 Å². The zero-order valence-corrected chi connectivity index (χ0v) is 9.68. The number of halogens is 1. The van der Waals surface area contributed by atoms with E-state index < -0.39 is 6.17 Å². The van der Waals surface area contributed by atoms with E-state index in [-0.39, 0.29) is 0 Å². The van der Waals surface area contributed by atoms with Gasteiger partial charge in [0.1, 0.15) is 6.17 Å². The highest BCUT2D eigenvalue weighted by Gasteiger charge is 2.30. The molecule has 1 N–H and O–H groups in total. The van der Waals surface area contributed by atoms with Crippen LogP contribution in [-0.4, -0.2) is 19.3 Å². The zero-order chi connectivity index (χ0) is 10.5. The number of nitrogens with one attached hydrogen (secondary N) is 1. The maximum absolute atomic E-state index is 14.3. The van der Waals surface area contributed by atoms with E-state index >= 15 is 0 Å². The smallest absolute Gasteiger partial charge is 0.107 e. The monoisotopic (exact) mass is 213 g/mol. The molecule has 2 fully saturated rings. The standard InChI is InChI=1S/C13H24FN/c14-13(11-6-2-1-3-7-11)12-8-4-5-9-15-10-12/h11-13,15H,1-10H2. The van der Waals surface area contributed by atoms with Crippen molar-refractivity contribution in [2.75, 3.05) is 13.1 Å². The molecule has 2 heteroatoms. The molecule has 0 aromatic rings. The Hall–Kier alpha value is -0.110. The van der Waals surface area contributed by atoms with Crippen molar-refractivity contribution in [2.24, 2.45) is 11.8 Å². The van der Waals surface area contributed by atoms with Gasteiger partial charge in [0.15, 0.2) is 0 Å². The summed E-state index contributed by atoms with van der Waals surface area (Å²) >= 11 is 0. The molecule has 88 valence electrons. The van der Waals surface area contributed by atoms with Crippen LogP contribution in [0.3, 0.4) is 0 Å². The maximum Gasteiger partial charge on any atom is 0.107 e. The van der Waals surface area contributed by atoms with E-state index in [1.807, 2.05) is 0 Å². The minimum atomic E-state index is -0.532. The third-order valence-corrected chi connectivity index (χ3v) is 4.14. The minimum Gasteiger partial charge on any atom is -0.316 e. The Bertz CT molecular complexity index is 169. The molecule has 15 heavy (non-hydrogen) atoms. The fourth-order valence-corrected chi connectivity index (χ4v) is 3.16. The van der Waals surface area contributed by atoms with E-state index in [4.69, 9.17) is 0 Å². The fraction of sp³-hybridized carbons (Fsp3) is 1.00. The van der Waals surface area contributed by atoms with Gasteiger partial charge in [-0.2, -0.15) is 0 Å². The van der Waals surface area contributed by atoms with Crippen LogP contribution in [0.25, 0.3) is 0 Å². The van der Waals surface area contributed by atoms with Crippen molar-refractivity contribution in [1.82, 2.24) is 5.32 Å². The first-order valence-electron chi connectivity index (χ1n) is 6.72. The Kier molecular flexibility index (Phi) is 4.42. The van der Waals surface area contributed by atoms with E-state index in [1.165, 1.54) is 32.1 Å². The van der Waals surface area contributed by atoms with Crippen molar-refractivity contribution in [2.45, 2.75) is 57.5 Å². The van der Waals surface area contributed by atoms with Crippen LogP contribution in [0.4, 0.5) is 4.39 Å². The number of rotatable bonds is 2. The molecule has 0 aromatic heterocycles. The van der Waals surface area contributed by atoms with Crippen molar-refractivity contribution >= 4 is 0 Å². The molecule has 1 aliphatic carbocycles. The van der Waals surface area contributed by atoms with Gasteiger partial charge in [-0.3, -0.25) is 0 Å². The molecule has 1 saturated carbocycles. The van der Waals surface area contributed by atoms with Crippen molar-refractivity contribution < 1.29 is 4.39 Å². The van der Waals surface area contributed by atoms with Crippen molar-refractivity contribution in [3.8, 4) is 0 Å². The lowest BCUT2D eigenvalue weighted by Crippen LogP contribution is -2.33. The summed E-state index contributed by atoms with van der Waals surface area (Å²) in [5.41, 5.74) is 0. The van der Waals surface area contributed by atoms with E-state index in [0.717, 1.165) is 32.4 Å². The zero-order valence-electron chi connectivity index (χ0n) is 9.68. The summed E-state index contributed by atoms with van der Waals surface area (Å²) in [7, 11) is 0. The molecule has 1 nitrogen and oxygen atoms in total. The number of hydrogen-bond acceptors (Lipinski definition) is 1. The molecule has 0 spiro atoms. The van der Waals surface area contributed by atoms with Crippen LogP contribution < -0.4 is 5.32 Å². The average Bonchev–Trinajstić information content (AvgIpc) is 2.58. The topological polar surface area (TPSA) is 12.0 Å². The Labute approximate surface area is 92.8 Å². The summed E-state index contributed by atoms with van der Waals surface area (Å²) in [6.45, 7) is 2.01. The van der Waals surface area contributed by atoms with Crippen LogP contribution in [0.1, 0.15) is 51.4 Å². The molecule has 2 unspecified atom stereocenters. The van der Waals surface area contributed by atoms with E-state index in [2.05, 4.69) is 5.32 Å². The van der Waals surface area contributed by atoms with Crippen LogP contribution in [0.15, 0.2) is 0 Å². The highest BCUT2D eigenvalue weighted by Crippen LogP contribution is 2.33. The van der Waals surface area contributed by atoms with Gasteiger partial charge in [-0.1, -0.05) is 25.7 Å². The van der Waals surface area contributed by atoms with E-state index in [9.17, 15) is 4.39 Å². The van der Waals surface area contributed by atoms with E-state index in [0.29, 0.717) is 11.8 Å². The van der Waals surface area contributed by atoms with Gasteiger partial charge in [0, 0.05) is 12.5 Å². The summed E-state index contributed by atoms with van der Waals surface area (Å²) in [4.78, 5) is 0. The molecule has 0 amide bonds. The third-order valence-electron chi connectivity index (χ3n) is 4.14. The van der Waals surface area contributed by atoms with Gasteiger partial charge in [-0.05, 0) is 38.1 Å². The van der Waals surface area contributed by atoms with Crippen molar-refractivity contribution in [3.05, 3.63) is 0 Å². The summed E-state index contributed by atoms with van der Waals surface area (Å²) in [5, 5.41) is 3.38. The van der Waals surface area contributed by atoms with Crippen LogP contribution >= 0.6 is 0 Å². The minimum absolute atomic E-state index is 0.301. The molecule has 2 atom stereocenters. The Balaban J connectivity index is 1.83. The first kappa shape index (κ1) is 11.4. The largest absolute Gasteiger partial charge is 0.316 e. The second kappa shape index (κ2) is 5.83. The van der Waals surface area contributed by atoms with Gasteiger partial charge in [0.2, 0.25) is 0 Å². The highest BCUT2D eigenvalue weighted by molar-refractivity contribution is 4.82. The molecule has 0 aromatic carbocycles. The average molecular weight is 213 g/mol. The second-order valence-electron chi connectivity index (χ2n) is 5.30. The SMILES string of the molecule is FC(C1CCCCC1)C1CCCCNC1. The summed E-state index contributed by atoms with van der Waals surface area (Å²) in [6.07, 6.45) is 9.12. The maximum atomic E-state index is 14.3. The molecule has 0 radical (unpaired) electrons. The predicted molar refractivity (Wildman–Crippen MR) is 61.7 cm³/mol. The van der Waals surface area contributed by atoms with Gasteiger partial charge in [0.05, 0.1) is 0 Å². The summed E-state index contributed by atoms with van der Waals surface area (Å²) in [5.74, 6) is 0.680. The molecule has 1 aliphatic heterocycles. The summed E-state index contributed by atoms with van der Waals surface area (Å²) < 4.78 is 14.3. The molecular weight excluding hydrogens is 189 g/mol. The van der Waals surface area contributed by atoms with Crippen LogP contribution in [-0.2, 0) is 0 Å². The van der Waals surface area contributed by atoms with Crippen molar-refractivity contribution in [1.29, 1.82) is 0 Å². The molecule has 1 heterocycles. The lowest BCUT2D eigenvalue weighted by molar-refractivity contribution is 0.115. The number of hydrogen-bond donors (Lipinski definition) is 1. The third kappa shape index (κ3) is 3.17. The van der Waals surface area contributed by atoms with Gasteiger partial charge >= 0.3 is 0 Å². The van der Waals surface area contributed by atoms with Gasteiger partial charge in [-0.15, -0.1) is 0 Å². The van der Waals surface area contributed by atoms with Crippen LogP contribution in [0, 0.1) is 11.8 Å². The van der Waals surface area contributed by atoms with Gasteiger partial charge in [-0.25, -0.2) is 4.39 Å². The van der Waals surface area contributed by atoms with E-state index in [1.54, 1.807) is 0 Å². The predicted octanol–water partition coefficient (Wildman–Crippen LogP) is 3.29. The Morgan fingerprint density at radius 2 is 1.53 bits per heavy atom. The molecular formula is C13H24FN. The lowest BCUT2D eigenvalue weighted by Gasteiger charge is -2.30. The highest BCUT2D eigenvalue weighted by atomic mass is 19.1. The van der Waals surface area contributed by atoms with Gasteiger partial charge in [0.25, 0.3) is 0 Å². The summed E-state index contributed by atoms with van der Waals surface area (Å²) in [6, 6.07) is 0. The first-order valence-corrected chi connectivity index (χ1v) is 6.72. The quantitative estimate of drug-likeness (QED) is 0.742. The normalized spacial score (nSPS) is 32.2. The molecule has 2 rings (SSSR count). The Morgan fingerprint density at radius 1 is 0.867 bits per heavy atom. The molecule has 1 saturated heterocycles. The molecule has 2 aliphatic rings. The van der Waals surface area contributed by atoms with Crippen LogP contribution in [0.5, 0.6) is 0 Å². The first-order chi connectivity index (χ1) is 7.38. The fourth-order valence-electron chi connectivity index (χ4n) is 3.16. The number of alkyl halides is 1. The molecule has 0 bridgehead atoms. The Morgan fingerprint density at radius 3 is 2.33 bits per heavy atom. The lowest BCUT2D eigenvalue weighted by atomic mass is 9.80. The van der Waals surface area contributed by atoms with Crippen molar-refractivity contribution in [3.63, 3.8) is 0 Å². The second-order valence-corrected chi connectivity index (χ2v) is 5.30. The van der Waals surface area contributed by atoms with Crippen LogP contribution in [0.2, 0.25) is 0 Å².